The highest BCUT2D eigenvalue weighted by atomic mass is 32.2. The fraction of sp³-hybridized carbons (Fsp3) is 0.375. The number of rotatable bonds is 8. The van der Waals surface area contributed by atoms with Crippen molar-refractivity contribution >= 4 is 21.8 Å². The van der Waals surface area contributed by atoms with Crippen molar-refractivity contribution < 1.29 is 13.2 Å². The van der Waals surface area contributed by atoms with Crippen LogP contribution in [0.15, 0.2) is 35.2 Å². The van der Waals surface area contributed by atoms with Crippen molar-refractivity contribution in [2.24, 2.45) is 0 Å². The summed E-state index contributed by atoms with van der Waals surface area (Å²) in [4.78, 5) is 10.7. The van der Waals surface area contributed by atoms with Crippen molar-refractivity contribution in [3.63, 3.8) is 0 Å². The quantitative estimate of drug-likeness (QED) is 0.680. The molecule has 0 radical (unpaired) electrons. The summed E-state index contributed by atoms with van der Waals surface area (Å²) in [5.41, 5.74) is 0.833. The number of nitrogens with one attached hydrogen (secondary N) is 2. The van der Waals surface area contributed by atoms with Gasteiger partial charge in [0.15, 0.2) is 0 Å². The maximum Gasteiger partial charge on any atom is 0.240 e. The lowest BCUT2D eigenvalue weighted by atomic mass is 10.3. The number of sulfonamides is 1. The highest BCUT2D eigenvalue weighted by molar-refractivity contribution is 7.89. The van der Waals surface area contributed by atoms with E-state index in [0.717, 1.165) is 11.5 Å². The molecule has 0 unspecified atom stereocenters. The van der Waals surface area contributed by atoms with Crippen LogP contribution in [0.1, 0.15) is 5.69 Å². The molecule has 2 rings (SSSR count). The number of aryl methyl sites for hydroxylation is 1. The van der Waals surface area contributed by atoms with Gasteiger partial charge in [-0.25, -0.2) is 18.1 Å². The van der Waals surface area contributed by atoms with E-state index in [2.05, 4.69) is 20.0 Å². The van der Waals surface area contributed by atoms with E-state index in [1.807, 2.05) is 32.0 Å². The van der Waals surface area contributed by atoms with Crippen LogP contribution in [-0.4, -0.2) is 52.7 Å². The zero-order valence-electron chi connectivity index (χ0n) is 14.8. The average molecular weight is 365 g/mol. The van der Waals surface area contributed by atoms with E-state index in [-0.39, 0.29) is 11.4 Å². The van der Waals surface area contributed by atoms with Gasteiger partial charge in [-0.15, -0.1) is 0 Å². The lowest BCUT2D eigenvalue weighted by Crippen LogP contribution is -2.29. The Labute approximate surface area is 148 Å². The van der Waals surface area contributed by atoms with Crippen molar-refractivity contribution in [1.82, 2.24) is 14.7 Å². The Bertz CT molecular complexity index is 807. The molecule has 1 aromatic heterocycles. The van der Waals surface area contributed by atoms with Gasteiger partial charge in [0.2, 0.25) is 16.0 Å². The Morgan fingerprint density at radius 3 is 2.40 bits per heavy atom. The molecule has 0 fully saturated rings. The fourth-order valence-electron chi connectivity index (χ4n) is 2.06. The predicted molar refractivity (Wildman–Crippen MR) is 97.8 cm³/mol. The Morgan fingerprint density at radius 2 is 1.80 bits per heavy atom. The Morgan fingerprint density at radius 1 is 1.12 bits per heavy atom. The standard InChI is InChI=1S/C16H23N5O3S/c1-12-11-15(21(2)3)20-16(19-12)17-9-10-18-25(22,23)14-7-5-13(24-4)6-8-14/h5-8,11,18H,9-10H2,1-4H3,(H,17,19,20). The molecular formula is C16H23N5O3S. The molecule has 0 spiro atoms. The molecule has 0 saturated carbocycles. The maximum absolute atomic E-state index is 12.2. The van der Waals surface area contributed by atoms with Crippen LogP contribution in [0, 0.1) is 6.92 Å². The highest BCUT2D eigenvalue weighted by Gasteiger charge is 2.13. The summed E-state index contributed by atoms with van der Waals surface area (Å²) in [6.07, 6.45) is 0. The summed E-state index contributed by atoms with van der Waals surface area (Å²) < 4.78 is 32.0. The molecule has 2 N–H and O–H groups in total. The van der Waals surface area contributed by atoms with Gasteiger partial charge in [0, 0.05) is 38.9 Å². The normalized spacial score (nSPS) is 11.2. The summed E-state index contributed by atoms with van der Waals surface area (Å²) in [6.45, 7) is 2.46. The van der Waals surface area contributed by atoms with Crippen LogP contribution in [0.2, 0.25) is 0 Å². The number of methoxy groups -OCH3 is 1. The smallest absolute Gasteiger partial charge is 0.240 e. The summed E-state index contributed by atoms with van der Waals surface area (Å²) >= 11 is 0. The van der Waals surface area contributed by atoms with Crippen LogP contribution in [0.25, 0.3) is 0 Å². The number of hydrogen-bond donors (Lipinski definition) is 2. The summed E-state index contributed by atoms with van der Waals surface area (Å²) in [6, 6.07) is 8.09. The van der Waals surface area contributed by atoms with Gasteiger partial charge in [0.05, 0.1) is 12.0 Å². The van der Waals surface area contributed by atoms with Gasteiger partial charge in [-0.05, 0) is 31.2 Å². The van der Waals surface area contributed by atoms with Gasteiger partial charge >= 0.3 is 0 Å². The fourth-order valence-corrected chi connectivity index (χ4v) is 3.09. The first kappa shape index (κ1) is 18.9. The third-order valence-corrected chi connectivity index (χ3v) is 4.85. The number of benzene rings is 1. The van der Waals surface area contributed by atoms with Gasteiger partial charge in [0.1, 0.15) is 11.6 Å². The molecule has 0 aliphatic heterocycles. The van der Waals surface area contributed by atoms with Crippen molar-refractivity contribution in [2.45, 2.75) is 11.8 Å². The third kappa shape index (κ3) is 5.30. The average Bonchev–Trinajstić information content (AvgIpc) is 2.58. The van der Waals surface area contributed by atoms with Gasteiger partial charge < -0.3 is 15.0 Å². The molecule has 0 atom stereocenters. The largest absolute Gasteiger partial charge is 0.497 e. The van der Waals surface area contributed by atoms with Crippen LogP contribution >= 0.6 is 0 Å². The first-order valence-corrected chi connectivity index (χ1v) is 9.21. The zero-order chi connectivity index (χ0) is 18.4. The van der Waals surface area contributed by atoms with Crippen LogP contribution < -0.4 is 19.7 Å². The minimum absolute atomic E-state index is 0.190. The van der Waals surface area contributed by atoms with Gasteiger partial charge in [-0.3, -0.25) is 0 Å². The van der Waals surface area contributed by atoms with E-state index in [1.54, 1.807) is 12.1 Å². The molecule has 25 heavy (non-hydrogen) atoms. The molecule has 0 aliphatic rings. The molecule has 1 aromatic carbocycles. The number of anilines is 2. The van der Waals surface area contributed by atoms with E-state index in [4.69, 9.17) is 4.74 Å². The zero-order valence-corrected chi connectivity index (χ0v) is 15.6. The molecule has 1 heterocycles. The van der Waals surface area contributed by atoms with Gasteiger partial charge in [-0.2, -0.15) is 4.98 Å². The van der Waals surface area contributed by atoms with E-state index in [0.29, 0.717) is 18.2 Å². The first-order chi connectivity index (χ1) is 11.8. The molecule has 0 amide bonds. The maximum atomic E-state index is 12.2. The molecule has 0 aliphatic carbocycles. The molecular weight excluding hydrogens is 342 g/mol. The molecule has 0 saturated heterocycles. The second-order valence-corrected chi connectivity index (χ2v) is 7.35. The Hall–Kier alpha value is -2.39. The van der Waals surface area contributed by atoms with E-state index >= 15 is 0 Å². The monoisotopic (exact) mass is 365 g/mol. The molecule has 9 heteroatoms. The summed E-state index contributed by atoms with van der Waals surface area (Å²) in [5.74, 6) is 1.86. The topological polar surface area (TPSA) is 96.5 Å². The first-order valence-electron chi connectivity index (χ1n) is 7.72. The van der Waals surface area contributed by atoms with Crippen molar-refractivity contribution in [2.75, 3.05) is 44.5 Å². The lowest BCUT2D eigenvalue weighted by Gasteiger charge is -2.14. The van der Waals surface area contributed by atoms with Crippen LogP contribution in [0.4, 0.5) is 11.8 Å². The molecule has 8 nitrogen and oxygen atoms in total. The van der Waals surface area contributed by atoms with Crippen molar-refractivity contribution in [3.8, 4) is 5.75 Å². The second-order valence-electron chi connectivity index (χ2n) is 5.59. The minimum atomic E-state index is -3.56. The number of ether oxygens (including phenoxy) is 1. The van der Waals surface area contributed by atoms with Gasteiger partial charge in [0.25, 0.3) is 0 Å². The highest BCUT2D eigenvalue weighted by Crippen LogP contribution is 2.15. The summed E-state index contributed by atoms with van der Waals surface area (Å²) in [5, 5.41) is 3.03. The number of hydrogen-bond acceptors (Lipinski definition) is 7. The Balaban J connectivity index is 1.91. The lowest BCUT2D eigenvalue weighted by molar-refractivity contribution is 0.414. The molecule has 136 valence electrons. The van der Waals surface area contributed by atoms with Crippen LogP contribution in [0.3, 0.4) is 0 Å². The molecule has 2 aromatic rings. The number of aromatic nitrogens is 2. The van der Waals surface area contributed by atoms with Crippen molar-refractivity contribution in [1.29, 1.82) is 0 Å². The van der Waals surface area contributed by atoms with E-state index in [1.165, 1.54) is 19.2 Å². The second kappa shape index (κ2) is 8.13. The number of nitrogens with zero attached hydrogens (tertiary/aromatic N) is 3. The van der Waals surface area contributed by atoms with E-state index in [9.17, 15) is 8.42 Å². The SMILES string of the molecule is COc1ccc(S(=O)(=O)NCCNc2nc(C)cc(N(C)C)n2)cc1. The third-order valence-electron chi connectivity index (χ3n) is 3.37. The minimum Gasteiger partial charge on any atom is -0.497 e. The Kier molecular flexibility index (Phi) is 6.16. The van der Waals surface area contributed by atoms with Gasteiger partial charge in [-0.1, -0.05) is 0 Å². The van der Waals surface area contributed by atoms with Crippen LogP contribution in [0.5, 0.6) is 5.75 Å². The van der Waals surface area contributed by atoms with E-state index < -0.39 is 10.0 Å². The predicted octanol–water partition coefficient (Wildman–Crippen LogP) is 1.25. The van der Waals surface area contributed by atoms with Crippen LogP contribution in [-0.2, 0) is 10.0 Å². The molecule has 0 bridgehead atoms. The summed E-state index contributed by atoms with van der Waals surface area (Å²) in [7, 11) is 1.76. The van der Waals surface area contributed by atoms with Crippen molar-refractivity contribution in [3.05, 3.63) is 36.0 Å².